The number of hydrogen-bond donors (Lipinski definition) is 2. The molecule has 0 amide bonds. The second-order valence-corrected chi connectivity index (χ2v) is 7.64. The summed E-state index contributed by atoms with van der Waals surface area (Å²) in [6.45, 7) is 1.60. The topological polar surface area (TPSA) is 75.4 Å². The molecule has 2 aliphatic heterocycles. The molecular formula is C11H21N3O2S2. The van der Waals surface area contributed by atoms with Crippen LogP contribution in [0, 0.1) is 0 Å². The van der Waals surface area contributed by atoms with Crippen LogP contribution < -0.4 is 11.1 Å². The predicted molar refractivity (Wildman–Crippen MR) is 76.2 cm³/mol. The molecule has 0 aromatic carbocycles. The summed E-state index contributed by atoms with van der Waals surface area (Å²) in [5, 5.41) is 3.85. The van der Waals surface area contributed by atoms with Crippen LogP contribution in [0.4, 0.5) is 0 Å². The molecule has 0 aromatic heterocycles. The van der Waals surface area contributed by atoms with E-state index in [1.54, 1.807) is 0 Å². The molecule has 5 nitrogen and oxygen atoms in total. The second-order valence-electron chi connectivity index (χ2n) is 5.10. The number of hydrogen-bond acceptors (Lipinski definition) is 4. The Hall–Kier alpha value is -0.400. The number of fused-ring (bicyclic) bond motifs is 1. The zero-order chi connectivity index (χ0) is 13.2. The number of thiocarbonyl (C=S) groups is 1. The molecule has 2 fully saturated rings. The van der Waals surface area contributed by atoms with Crippen molar-refractivity contribution in [1.29, 1.82) is 0 Å². The summed E-state index contributed by atoms with van der Waals surface area (Å²) >= 11 is 5.27. The minimum absolute atomic E-state index is 0.00606. The highest BCUT2D eigenvalue weighted by Gasteiger charge is 2.46. The van der Waals surface area contributed by atoms with E-state index in [1.807, 2.05) is 0 Å². The molecule has 18 heavy (non-hydrogen) atoms. The number of sulfone groups is 1. The highest BCUT2D eigenvalue weighted by atomic mass is 32.2. The molecule has 2 rings (SSSR count). The van der Waals surface area contributed by atoms with Gasteiger partial charge in [0.1, 0.15) is 0 Å². The minimum Gasteiger partial charge on any atom is -0.357 e. The first-order valence-corrected chi connectivity index (χ1v) is 8.74. The molecule has 0 spiro atoms. The fraction of sp³-hybridized carbons (Fsp3) is 0.909. The Morgan fingerprint density at radius 3 is 2.72 bits per heavy atom. The molecular weight excluding hydrogens is 270 g/mol. The predicted octanol–water partition coefficient (Wildman–Crippen LogP) is -0.139. The van der Waals surface area contributed by atoms with Gasteiger partial charge in [0.25, 0.3) is 0 Å². The standard InChI is InChI=1S/C11H21N3O2S2/c12-5-3-1-2-4-6-14-10-8-18(15,16)7-9(10)13-11(14)17/h9-10H,1-8,12H2,(H,13,17). The Bertz CT molecular complexity index is 411. The number of nitrogens with zero attached hydrogens (tertiary/aromatic N) is 1. The summed E-state index contributed by atoms with van der Waals surface area (Å²) in [6.07, 6.45) is 4.37. The first kappa shape index (κ1) is 14.0. The van der Waals surface area contributed by atoms with E-state index < -0.39 is 9.84 Å². The summed E-state index contributed by atoms with van der Waals surface area (Å²) in [6, 6.07) is 0.0588. The molecule has 2 unspecified atom stereocenters. The number of rotatable bonds is 6. The summed E-state index contributed by atoms with van der Waals surface area (Å²) < 4.78 is 23.2. The van der Waals surface area contributed by atoms with Gasteiger partial charge in [-0.2, -0.15) is 0 Å². The maximum Gasteiger partial charge on any atom is 0.169 e. The van der Waals surface area contributed by atoms with Crippen molar-refractivity contribution in [2.45, 2.75) is 37.8 Å². The van der Waals surface area contributed by atoms with E-state index in [9.17, 15) is 8.42 Å². The van der Waals surface area contributed by atoms with Gasteiger partial charge in [0.15, 0.2) is 14.9 Å². The van der Waals surface area contributed by atoms with E-state index in [4.69, 9.17) is 18.0 Å². The van der Waals surface area contributed by atoms with Crippen LogP contribution in [0.2, 0.25) is 0 Å². The molecule has 2 atom stereocenters. The Kier molecular flexibility index (Phi) is 4.45. The highest BCUT2D eigenvalue weighted by Crippen LogP contribution is 2.24. The molecule has 0 radical (unpaired) electrons. The number of nitrogens with two attached hydrogens (primary N) is 1. The van der Waals surface area contributed by atoms with Crippen LogP contribution in [0.3, 0.4) is 0 Å². The lowest BCUT2D eigenvalue weighted by Crippen LogP contribution is -2.37. The lowest BCUT2D eigenvalue weighted by Gasteiger charge is -2.23. The van der Waals surface area contributed by atoms with Crippen molar-refractivity contribution >= 4 is 27.2 Å². The maximum atomic E-state index is 11.6. The molecule has 7 heteroatoms. The molecule has 0 saturated carbocycles. The van der Waals surface area contributed by atoms with E-state index in [1.165, 1.54) is 0 Å². The van der Waals surface area contributed by atoms with Gasteiger partial charge >= 0.3 is 0 Å². The average molecular weight is 291 g/mol. The van der Waals surface area contributed by atoms with Crippen LogP contribution in [-0.2, 0) is 9.84 Å². The van der Waals surface area contributed by atoms with Crippen molar-refractivity contribution in [1.82, 2.24) is 10.2 Å². The van der Waals surface area contributed by atoms with Gasteiger partial charge in [0.05, 0.1) is 23.6 Å². The SMILES string of the molecule is NCCCCCCN1C(=S)NC2CS(=O)(=O)CC21. The van der Waals surface area contributed by atoms with E-state index in [2.05, 4.69) is 10.2 Å². The average Bonchev–Trinajstić information content (AvgIpc) is 2.71. The maximum absolute atomic E-state index is 11.6. The van der Waals surface area contributed by atoms with Gasteiger partial charge in [-0.1, -0.05) is 12.8 Å². The van der Waals surface area contributed by atoms with Crippen LogP contribution in [0.1, 0.15) is 25.7 Å². The largest absolute Gasteiger partial charge is 0.357 e. The normalized spacial score (nSPS) is 29.4. The van der Waals surface area contributed by atoms with Gasteiger partial charge in [-0.15, -0.1) is 0 Å². The van der Waals surface area contributed by atoms with Crippen LogP contribution in [0.25, 0.3) is 0 Å². The van der Waals surface area contributed by atoms with Gasteiger partial charge in [-0.25, -0.2) is 8.42 Å². The quantitative estimate of drug-likeness (QED) is 0.524. The smallest absolute Gasteiger partial charge is 0.169 e. The third-order valence-electron chi connectivity index (χ3n) is 3.65. The molecule has 2 saturated heterocycles. The Labute approximate surface area is 114 Å². The van der Waals surface area contributed by atoms with E-state index >= 15 is 0 Å². The van der Waals surface area contributed by atoms with E-state index in [0.29, 0.717) is 0 Å². The van der Waals surface area contributed by atoms with Crippen molar-refractivity contribution in [2.24, 2.45) is 5.73 Å². The van der Waals surface area contributed by atoms with E-state index in [0.717, 1.165) is 43.9 Å². The second kappa shape index (κ2) is 5.71. The first-order valence-electron chi connectivity index (χ1n) is 6.51. The minimum atomic E-state index is -2.88. The van der Waals surface area contributed by atoms with Crippen molar-refractivity contribution in [2.75, 3.05) is 24.6 Å². The summed E-state index contributed by atoms with van der Waals surface area (Å²) in [5.74, 6) is 0.467. The molecule has 0 aliphatic carbocycles. The third-order valence-corrected chi connectivity index (χ3v) is 5.71. The van der Waals surface area contributed by atoms with Crippen LogP contribution in [0.5, 0.6) is 0 Å². The number of nitrogens with one attached hydrogen (secondary N) is 1. The molecule has 0 aromatic rings. The molecule has 3 N–H and O–H groups in total. The fourth-order valence-corrected chi connectivity index (χ4v) is 5.01. The summed E-state index contributed by atoms with van der Waals surface area (Å²) in [5.41, 5.74) is 5.45. The van der Waals surface area contributed by atoms with Gasteiger partial charge in [-0.05, 0) is 31.6 Å². The fourth-order valence-electron chi connectivity index (χ4n) is 2.71. The summed E-state index contributed by atoms with van der Waals surface area (Å²) in [4.78, 5) is 2.06. The van der Waals surface area contributed by atoms with Gasteiger partial charge in [-0.3, -0.25) is 0 Å². The van der Waals surface area contributed by atoms with Crippen LogP contribution in [-0.4, -0.2) is 55.1 Å². The lowest BCUT2D eigenvalue weighted by molar-refractivity contribution is 0.345. The van der Waals surface area contributed by atoms with Gasteiger partial charge < -0.3 is 16.0 Å². The zero-order valence-electron chi connectivity index (χ0n) is 10.5. The Morgan fingerprint density at radius 2 is 2.00 bits per heavy atom. The third kappa shape index (κ3) is 3.13. The zero-order valence-corrected chi connectivity index (χ0v) is 12.1. The Morgan fingerprint density at radius 1 is 1.28 bits per heavy atom. The number of unbranched alkanes of at least 4 members (excludes halogenated alkanes) is 3. The first-order chi connectivity index (χ1) is 8.53. The van der Waals surface area contributed by atoms with Gasteiger partial charge in [0.2, 0.25) is 0 Å². The van der Waals surface area contributed by atoms with Crippen LogP contribution >= 0.6 is 12.2 Å². The van der Waals surface area contributed by atoms with Crippen LogP contribution in [0.15, 0.2) is 0 Å². The highest BCUT2D eigenvalue weighted by molar-refractivity contribution is 7.91. The van der Waals surface area contributed by atoms with Gasteiger partial charge in [0, 0.05) is 6.54 Å². The van der Waals surface area contributed by atoms with Crippen molar-refractivity contribution in [3.05, 3.63) is 0 Å². The monoisotopic (exact) mass is 291 g/mol. The van der Waals surface area contributed by atoms with Crippen molar-refractivity contribution in [3.63, 3.8) is 0 Å². The molecule has 2 heterocycles. The Balaban J connectivity index is 1.82. The van der Waals surface area contributed by atoms with E-state index in [-0.39, 0.29) is 23.6 Å². The van der Waals surface area contributed by atoms with Crippen molar-refractivity contribution in [3.8, 4) is 0 Å². The molecule has 2 aliphatic rings. The van der Waals surface area contributed by atoms with Crippen molar-refractivity contribution < 1.29 is 8.42 Å². The molecule has 104 valence electrons. The lowest BCUT2D eigenvalue weighted by atomic mass is 10.1. The molecule has 0 bridgehead atoms. The summed E-state index contributed by atoms with van der Waals surface area (Å²) in [7, 11) is -2.88.